The van der Waals surface area contributed by atoms with Crippen LogP contribution in [0.2, 0.25) is 0 Å². The summed E-state index contributed by atoms with van der Waals surface area (Å²) < 4.78 is 7.79. The second-order valence-corrected chi connectivity index (χ2v) is 7.51. The molecule has 0 amide bonds. The molecule has 7 nitrogen and oxygen atoms in total. The zero-order valence-corrected chi connectivity index (χ0v) is 20.9. The Hall–Kier alpha value is -1.81. The number of guanidine groups is 1. The molecule has 1 heterocycles. The predicted molar refractivity (Wildman–Crippen MR) is 130 cm³/mol. The minimum Gasteiger partial charge on any atom is -0.491 e. The van der Waals surface area contributed by atoms with E-state index >= 15 is 0 Å². The van der Waals surface area contributed by atoms with Gasteiger partial charge < -0.3 is 20.3 Å². The Morgan fingerprint density at radius 2 is 2.00 bits per heavy atom. The van der Waals surface area contributed by atoms with Crippen LogP contribution in [-0.2, 0) is 13.6 Å². The van der Waals surface area contributed by atoms with Crippen LogP contribution >= 0.6 is 24.0 Å². The number of ether oxygens (including phenoxy) is 1. The van der Waals surface area contributed by atoms with Gasteiger partial charge in [-0.05, 0) is 46.5 Å². The summed E-state index contributed by atoms with van der Waals surface area (Å²) in [4.78, 5) is 6.53. The van der Waals surface area contributed by atoms with Crippen LogP contribution in [0.1, 0.15) is 36.6 Å². The molecule has 29 heavy (non-hydrogen) atoms. The summed E-state index contributed by atoms with van der Waals surface area (Å²) in [7, 11) is 7.85. The lowest BCUT2D eigenvalue weighted by molar-refractivity contribution is 0.239. The molecule has 8 heteroatoms. The monoisotopic (exact) mass is 514 g/mol. The van der Waals surface area contributed by atoms with Gasteiger partial charge in [-0.1, -0.05) is 12.1 Å². The van der Waals surface area contributed by atoms with Crippen LogP contribution < -0.4 is 15.4 Å². The van der Waals surface area contributed by atoms with Crippen molar-refractivity contribution in [2.24, 2.45) is 12.0 Å². The Balaban J connectivity index is 0.00000420. The first-order valence-corrected chi connectivity index (χ1v) is 9.65. The maximum atomic E-state index is 5.97. The smallest absolute Gasteiger partial charge is 0.191 e. The number of nitrogens with one attached hydrogen (secondary N) is 2. The van der Waals surface area contributed by atoms with Crippen molar-refractivity contribution in [3.8, 4) is 5.75 Å². The summed E-state index contributed by atoms with van der Waals surface area (Å²) in [5.74, 6) is 1.67. The van der Waals surface area contributed by atoms with Crippen LogP contribution in [0.3, 0.4) is 0 Å². The number of likely N-dealkylation sites (N-methyl/N-ethyl adjacent to an activating group) is 1. The Morgan fingerprint density at radius 1 is 1.28 bits per heavy atom. The van der Waals surface area contributed by atoms with Gasteiger partial charge in [0.25, 0.3) is 0 Å². The number of rotatable bonds is 8. The van der Waals surface area contributed by atoms with Crippen LogP contribution in [-0.4, -0.2) is 54.4 Å². The molecule has 1 aromatic heterocycles. The number of aromatic nitrogens is 2. The van der Waals surface area contributed by atoms with Gasteiger partial charge in [0.15, 0.2) is 5.96 Å². The first-order chi connectivity index (χ1) is 13.3. The van der Waals surface area contributed by atoms with E-state index in [2.05, 4.69) is 64.8 Å². The lowest BCUT2D eigenvalue weighted by Gasteiger charge is -2.24. The van der Waals surface area contributed by atoms with Gasteiger partial charge in [0.1, 0.15) is 5.75 Å². The van der Waals surface area contributed by atoms with Crippen molar-refractivity contribution < 1.29 is 4.74 Å². The molecule has 2 aromatic rings. The summed E-state index contributed by atoms with van der Waals surface area (Å²) in [5, 5.41) is 11.1. The molecule has 0 radical (unpaired) electrons. The van der Waals surface area contributed by atoms with Crippen LogP contribution in [0, 0.1) is 6.92 Å². The third-order valence-electron chi connectivity index (χ3n) is 4.45. The molecule has 0 saturated heterocycles. The Morgan fingerprint density at radius 3 is 2.55 bits per heavy atom. The fourth-order valence-electron chi connectivity index (χ4n) is 2.98. The van der Waals surface area contributed by atoms with Crippen molar-refractivity contribution in [1.29, 1.82) is 0 Å². The molecule has 0 saturated carbocycles. The highest BCUT2D eigenvalue weighted by Gasteiger charge is 2.16. The molecule has 2 rings (SSSR count). The fourth-order valence-corrected chi connectivity index (χ4v) is 2.98. The number of hydrogen-bond acceptors (Lipinski definition) is 4. The van der Waals surface area contributed by atoms with Gasteiger partial charge in [-0.2, -0.15) is 5.10 Å². The minimum atomic E-state index is 0. The zero-order valence-electron chi connectivity index (χ0n) is 18.6. The molecule has 2 N–H and O–H groups in total. The number of benzene rings is 1. The summed E-state index contributed by atoms with van der Waals surface area (Å²) in [6, 6.07) is 6.49. The average Bonchev–Trinajstić information content (AvgIpc) is 3.04. The van der Waals surface area contributed by atoms with Crippen LogP contribution in [0.15, 0.2) is 35.6 Å². The lowest BCUT2D eigenvalue weighted by atomic mass is 10.1. The summed E-state index contributed by atoms with van der Waals surface area (Å²) >= 11 is 0. The number of hydrogen-bond donors (Lipinski definition) is 2. The predicted octanol–water partition coefficient (Wildman–Crippen LogP) is 3.10. The van der Waals surface area contributed by atoms with Crippen LogP contribution in [0.4, 0.5) is 0 Å². The summed E-state index contributed by atoms with van der Waals surface area (Å²) in [6.07, 6.45) is 4.09. The molecule has 1 unspecified atom stereocenters. The minimum absolute atomic E-state index is 0. The molecule has 1 aromatic carbocycles. The molecule has 0 spiro atoms. The second kappa shape index (κ2) is 12.0. The molecule has 0 aliphatic carbocycles. The number of aliphatic imine (C=N–C) groups is 1. The molecular formula is C21H35IN6O. The third kappa shape index (κ3) is 7.85. The Bertz CT molecular complexity index is 787. The molecular weight excluding hydrogens is 479 g/mol. The standard InChI is InChI=1S/C21H34N6O.HI/c1-15(2)28-20-10-16(3)8-9-17(20)11-23-21(22-4)24-13-19(26(5)6)18-12-25-27(7)14-18;/h8-10,12,14-15,19H,11,13H2,1-7H3,(H2,22,23,24);1H. The third-order valence-corrected chi connectivity index (χ3v) is 4.45. The fraction of sp³-hybridized carbons (Fsp3) is 0.524. The van der Waals surface area contributed by atoms with E-state index in [1.54, 1.807) is 7.05 Å². The van der Waals surface area contributed by atoms with Gasteiger partial charge in [-0.15, -0.1) is 24.0 Å². The maximum Gasteiger partial charge on any atom is 0.191 e. The highest BCUT2D eigenvalue weighted by Crippen LogP contribution is 2.21. The van der Waals surface area contributed by atoms with Crippen molar-refractivity contribution in [3.63, 3.8) is 0 Å². The van der Waals surface area contributed by atoms with Gasteiger partial charge >= 0.3 is 0 Å². The van der Waals surface area contributed by atoms with Crippen molar-refractivity contribution in [1.82, 2.24) is 25.3 Å². The van der Waals surface area contributed by atoms with Gasteiger partial charge in [0.05, 0.1) is 18.3 Å². The molecule has 0 bridgehead atoms. The molecule has 1 atom stereocenters. The SMILES string of the molecule is CN=C(NCc1ccc(C)cc1OC(C)C)NCC(c1cnn(C)c1)N(C)C.I. The quantitative estimate of drug-likeness (QED) is 0.322. The number of nitrogens with zero attached hydrogens (tertiary/aromatic N) is 4. The highest BCUT2D eigenvalue weighted by atomic mass is 127. The van der Waals surface area contributed by atoms with Crippen LogP contribution in [0.25, 0.3) is 0 Å². The maximum absolute atomic E-state index is 5.97. The van der Waals surface area contributed by atoms with Crippen molar-refractivity contribution in [2.45, 2.75) is 39.5 Å². The van der Waals surface area contributed by atoms with E-state index in [-0.39, 0.29) is 36.1 Å². The topological polar surface area (TPSA) is 66.7 Å². The average molecular weight is 514 g/mol. The van der Waals surface area contributed by atoms with E-state index in [1.807, 2.05) is 38.0 Å². The van der Waals surface area contributed by atoms with Gasteiger partial charge in [0, 0.05) is 44.5 Å². The normalized spacial score (nSPS) is 12.7. The van der Waals surface area contributed by atoms with E-state index in [4.69, 9.17) is 4.74 Å². The largest absolute Gasteiger partial charge is 0.491 e. The van der Waals surface area contributed by atoms with Gasteiger partial charge in [0.2, 0.25) is 0 Å². The van der Waals surface area contributed by atoms with E-state index in [0.717, 1.165) is 23.8 Å². The van der Waals surface area contributed by atoms with Gasteiger partial charge in [-0.3, -0.25) is 9.67 Å². The van der Waals surface area contributed by atoms with Crippen molar-refractivity contribution in [2.75, 3.05) is 27.7 Å². The number of halogens is 1. The number of aryl methyl sites for hydroxylation is 2. The Kier molecular flexibility index (Phi) is 10.5. The molecule has 162 valence electrons. The van der Waals surface area contributed by atoms with Gasteiger partial charge in [-0.25, -0.2) is 0 Å². The van der Waals surface area contributed by atoms with Crippen LogP contribution in [0.5, 0.6) is 5.75 Å². The highest BCUT2D eigenvalue weighted by molar-refractivity contribution is 14.0. The van der Waals surface area contributed by atoms with E-state index in [0.29, 0.717) is 6.54 Å². The van der Waals surface area contributed by atoms with E-state index in [1.165, 1.54) is 11.1 Å². The summed E-state index contributed by atoms with van der Waals surface area (Å²) in [5.41, 5.74) is 3.47. The first kappa shape index (κ1) is 25.2. The van der Waals surface area contributed by atoms with E-state index in [9.17, 15) is 0 Å². The molecule has 0 aliphatic heterocycles. The summed E-state index contributed by atoms with van der Waals surface area (Å²) in [6.45, 7) is 7.52. The zero-order chi connectivity index (χ0) is 20.7. The lowest BCUT2D eigenvalue weighted by Crippen LogP contribution is -2.41. The molecule has 0 fully saturated rings. The Labute approximate surface area is 191 Å². The second-order valence-electron chi connectivity index (χ2n) is 7.51. The molecule has 0 aliphatic rings. The first-order valence-electron chi connectivity index (χ1n) is 9.65. The van der Waals surface area contributed by atoms with Crippen molar-refractivity contribution in [3.05, 3.63) is 47.3 Å². The van der Waals surface area contributed by atoms with E-state index < -0.39 is 0 Å². The van der Waals surface area contributed by atoms with Crippen molar-refractivity contribution >= 4 is 29.9 Å².